The fourth-order valence-corrected chi connectivity index (χ4v) is 1.32. The van der Waals surface area contributed by atoms with Crippen LogP contribution in [0.4, 0.5) is 0 Å². The van der Waals surface area contributed by atoms with Gasteiger partial charge in [-0.05, 0) is 18.1 Å². The maximum atomic E-state index is 9.09. The second-order valence-corrected chi connectivity index (χ2v) is 3.07. The molecule has 1 aromatic carbocycles. The first kappa shape index (κ1) is 11.2. The second-order valence-electron chi connectivity index (χ2n) is 3.07. The van der Waals surface area contributed by atoms with Crippen LogP contribution in [0, 0.1) is 0 Å². The molecule has 3 N–H and O–H groups in total. The molecule has 0 spiro atoms. The molecule has 0 heterocycles. The van der Waals surface area contributed by atoms with Gasteiger partial charge in [-0.1, -0.05) is 24.3 Å². The number of nitrogens with two attached hydrogens (primary N) is 1. The van der Waals surface area contributed by atoms with E-state index >= 15 is 0 Å². The summed E-state index contributed by atoms with van der Waals surface area (Å²) < 4.78 is 5.37. The Morgan fingerprint density at radius 3 is 2.43 bits per heavy atom. The molecule has 3 nitrogen and oxygen atoms in total. The number of benzene rings is 1. The number of hydrogen-bond donors (Lipinski definition) is 2. The zero-order chi connectivity index (χ0) is 10.4. The summed E-state index contributed by atoms with van der Waals surface area (Å²) in [7, 11) is 0. The van der Waals surface area contributed by atoms with E-state index < -0.39 is 0 Å². The van der Waals surface area contributed by atoms with Crippen molar-refractivity contribution in [3.63, 3.8) is 0 Å². The Kier molecular flexibility index (Phi) is 4.59. The van der Waals surface area contributed by atoms with E-state index in [2.05, 4.69) is 0 Å². The van der Waals surface area contributed by atoms with E-state index in [1.54, 1.807) is 0 Å². The average molecular weight is 195 g/mol. The number of ether oxygens (including phenoxy) is 1. The molecule has 1 unspecified atom stereocenters. The Morgan fingerprint density at radius 2 is 2.00 bits per heavy atom. The second kappa shape index (κ2) is 5.75. The molecule has 0 saturated heterocycles. The van der Waals surface area contributed by atoms with Crippen LogP contribution >= 0.6 is 0 Å². The highest BCUT2D eigenvalue weighted by Crippen LogP contribution is 2.17. The molecular formula is C11H17NO2. The third kappa shape index (κ3) is 2.80. The molecule has 0 fully saturated rings. The van der Waals surface area contributed by atoms with Gasteiger partial charge in [-0.2, -0.15) is 0 Å². The first-order chi connectivity index (χ1) is 6.81. The van der Waals surface area contributed by atoms with Crippen LogP contribution in [-0.2, 0) is 11.3 Å². The average Bonchev–Trinajstić information content (AvgIpc) is 2.26. The van der Waals surface area contributed by atoms with Gasteiger partial charge in [0.2, 0.25) is 0 Å². The van der Waals surface area contributed by atoms with Crippen LogP contribution in [0.3, 0.4) is 0 Å². The summed E-state index contributed by atoms with van der Waals surface area (Å²) in [6.07, 6.45) is -0.216. The molecule has 0 aliphatic carbocycles. The Morgan fingerprint density at radius 1 is 1.36 bits per heavy atom. The summed E-state index contributed by atoms with van der Waals surface area (Å²) in [6, 6.07) is 7.80. The first-order valence-electron chi connectivity index (χ1n) is 4.83. The van der Waals surface area contributed by atoms with Crippen molar-refractivity contribution in [3.05, 3.63) is 35.4 Å². The molecule has 0 aliphatic rings. The highest BCUT2D eigenvalue weighted by molar-refractivity contribution is 5.24. The van der Waals surface area contributed by atoms with Crippen molar-refractivity contribution in [2.45, 2.75) is 19.6 Å². The molecule has 0 aliphatic heterocycles. The zero-order valence-corrected chi connectivity index (χ0v) is 8.44. The van der Waals surface area contributed by atoms with Crippen LogP contribution in [0.25, 0.3) is 0 Å². The van der Waals surface area contributed by atoms with Crippen molar-refractivity contribution in [2.75, 3.05) is 13.2 Å². The van der Waals surface area contributed by atoms with E-state index in [0.29, 0.717) is 13.2 Å². The summed E-state index contributed by atoms with van der Waals surface area (Å²) in [5, 5.41) is 9.09. The summed E-state index contributed by atoms with van der Waals surface area (Å²) >= 11 is 0. The van der Waals surface area contributed by atoms with Crippen LogP contribution in [-0.4, -0.2) is 18.3 Å². The monoisotopic (exact) mass is 195 g/mol. The van der Waals surface area contributed by atoms with Crippen molar-refractivity contribution < 1.29 is 9.84 Å². The van der Waals surface area contributed by atoms with Gasteiger partial charge in [-0.15, -0.1) is 0 Å². The minimum absolute atomic E-state index is 0.00973. The standard InChI is InChI=1S/C11H17NO2/c1-2-14-11(8-13)10-5-3-9(7-12)4-6-10/h3-6,11,13H,2,7-8,12H2,1H3. The molecule has 0 aromatic heterocycles. The molecular weight excluding hydrogens is 178 g/mol. The van der Waals surface area contributed by atoms with E-state index in [0.717, 1.165) is 11.1 Å². The molecule has 78 valence electrons. The van der Waals surface area contributed by atoms with Crippen molar-refractivity contribution in [1.82, 2.24) is 0 Å². The smallest absolute Gasteiger partial charge is 0.105 e. The number of hydrogen-bond acceptors (Lipinski definition) is 3. The topological polar surface area (TPSA) is 55.5 Å². The normalized spacial score (nSPS) is 12.8. The van der Waals surface area contributed by atoms with Gasteiger partial charge in [0, 0.05) is 13.2 Å². The SMILES string of the molecule is CCOC(CO)c1ccc(CN)cc1. The molecule has 0 saturated carbocycles. The quantitative estimate of drug-likeness (QED) is 0.742. The van der Waals surface area contributed by atoms with Crippen LogP contribution in [0.15, 0.2) is 24.3 Å². The first-order valence-corrected chi connectivity index (χ1v) is 4.83. The lowest BCUT2D eigenvalue weighted by molar-refractivity contribution is 0.0189. The highest BCUT2D eigenvalue weighted by atomic mass is 16.5. The van der Waals surface area contributed by atoms with Gasteiger partial charge in [0.1, 0.15) is 6.10 Å². The Hall–Kier alpha value is -0.900. The maximum absolute atomic E-state index is 9.09. The van der Waals surface area contributed by atoms with Gasteiger partial charge in [-0.25, -0.2) is 0 Å². The predicted molar refractivity (Wildman–Crippen MR) is 55.8 cm³/mol. The third-order valence-electron chi connectivity index (χ3n) is 2.12. The van der Waals surface area contributed by atoms with Crippen molar-refractivity contribution in [3.8, 4) is 0 Å². The maximum Gasteiger partial charge on any atom is 0.105 e. The van der Waals surface area contributed by atoms with E-state index in [1.807, 2.05) is 31.2 Å². The van der Waals surface area contributed by atoms with Crippen molar-refractivity contribution in [2.24, 2.45) is 5.73 Å². The van der Waals surface area contributed by atoms with Crippen LogP contribution in [0.1, 0.15) is 24.2 Å². The number of aliphatic hydroxyl groups excluding tert-OH is 1. The largest absolute Gasteiger partial charge is 0.393 e. The Labute approximate surface area is 84.5 Å². The summed E-state index contributed by atoms with van der Waals surface area (Å²) in [6.45, 7) is 3.06. The lowest BCUT2D eigenvalue weighted by Crippen LogP contribution is -2.09. The molecule has 1 aromatic rings. The predicted octanol–water partition coefficient (Wildman–Crippen LogP) is 1.22. The van der Waals surface area contributed by atoms with E-state index in [-0.39, 0.29) is 12.7 Å². The van der Waals surface area contributed by atoms with E-state index in [1.165, 1.54) is 0 Å². The number of aliphatic hydroxyl groups is 1. The third-order valence-corrected chi connectivity index (χ3v) is 2.12. The number of rotatable bonds is 5. The van der Waals surface area contributed by atoms with Gasteiger partial charge >= 0.3 is 0 Å². The Balaban J connectivity index is 2.73. The van der Waals surface area contributed by atoms with E-state index in [4.69, 9.17) is 15.6 Å². The summed E-state index contributed by atoms with van der Waals surface area (Å²) in [5.41, 5.74) is 7.56. The Bertz CT molecular complexity index is 258. The lowest BCUT2D eigenvalue weighted by Gasteiger charge is -2.14. The van der Waals surface area contributed by atoms with Gasteiger partial charge in [0.05, 0.1) is 6.61 Å². The zero-order valence-electron chi connectivity index (χ0n) is 8.44. The van der Waals surface area contributed by atoms with Crippen LogP contribution < -0.4 is 5.73 Å². The van der Waals surface area contributed by atoms with Crippen LogP contribution in [0.2, 0.25) is 0 Å². The molecule has 14 heavy (non-hydrogen) atoms. The van der Waals surface area contributed by atoms with Gasteiger partial charge < -0.3 is 15.6 Å². The molecule has 0 bridgehead atoms. The van der Waals surface area contributed by atoms with Crippen molar-refractivity contribution in [1.29, 1.82) is 0 Å². The lowest BCUT2D eigenvalue weighted by atomic mass is 10.1. The van der Waals surface area contributed by atoms with Crippen molar-refractivity contribution >= 4 is 0 Å². The highest BCUT2D eigenvalue weighted by Gasteiger charge is 2.08. The fourth-order valence-electron chi connectivity index (χ4n) is 1.32. The molecule has 1 rings (SSSR count). The van der Waals surface area contributed by atoms with Gasteiger partial charge in [-0.3, -0.25) is 0 Å². The molecule has 0 amide bonds. The summed E-state index contributed by atoms with van der Waals surface area (Å²) in [5.74, 6) is 0. The fraction of sp³-hybridized carbons (Fsp3) is 0.455. The van der Waals surface area contributed by atoms with Gasteiger partial charge in [0.15, 0.2) is 0 Å². The minimum atomic E-state index is -0.216. The molecule has 1 atom stereocenters. The van der Waals surface area contributed by atoms with Gasteiger partial charge in [0.25, 0.3) is 0 Å². The van der Waals surface area contributed by atoms with Crippen LogP contribution in [0.5, 0.6) is 0 Å². The van der Waals surface area contributed by atoms with E-state index in [9.17, 15) is 0 Å². The minimum Gasteiger partial charge on any atom is -0.393 e. The molecule has 0 radical (unpaired) electrons. The summed E-state index contributed by atoms with van der Waals surface area (Å²) in [4.78, 5) is 0. The molecule has 3 heteroatoms.